The Morgan fingerprint density at radius 2 is 1.92 bits per heavy atom. The van der Waals surface area contributed by atoms with E-state index in [4.69, 9.17) is 0 Å². The molecule has 3 unspecified atom stereocenters. The Morgan fingerprint density at radius 1 is 1.33 bits per heavy atom. The van der Waals surface area contributed by atoms with E-state index in [-0.39, 0.29) is 10.8 Å². The van der Waals surface area contributed by atoms with Gasteiger partial charge in [-0.1, -0.05) is 20.8 Å². The molecule has 0 aromatic carbocycles. The first-order chi connectivity index (χ1) is 5.31. The summed E-state index contributed by atoms with van der Waals surface area (Å²) in [5, 5.41) is 10.1. The lowest BCUT2D eigenvalue weighted by Crippen LogP contribution is -2.42. The Hall–Kier alpha value is 0.310. The average Bonchev–Trinajstić information content (AvgIpc) is 2.18. The van der Waals surface area contributed by atoms with Crippen LogP contribution in [0.3, 0.4) is 0 Å². The highest BCUT2D eigenvalue weighted by Crippen LogP contribution is 2.70. The van der Waals surface area contributed by atoms with Crippen LogP contribution in [0, 0.1) is 16.7 Å². The number of fused-ring (bicyclic) bond motifs is 2. The Labute approximate surface area is 80.0 Å². The van der Waals surface area contributed by atoms with Gasteiger partial charge in [0, 0.05) is 5.41 Å². The van der Waals surface area contributed by atoms with E-state index in [1.54, 1.807) is 0 Å². The molecule has 12 heavy (non-hydrogen) atoms. The molecule has 0 radical (unpaired) electrons. The summed E-state index contributed by atoms with van der Waals surface area (Å²) in [4.78, 5) is -0.723. The second kappa shape index (κ2) is 2.03. The third kappa shape index (κ3) is 0.717. The summed E-state index contributed by atoms with van der Waals surface area (Å²) in [6.45, 7) is 6.74. The summed E-state index contributed by atoms with van der Waals surface area (Å²) in [5.41, 5.74) is 0.289. The monoisotopic (exact) mass is 186 g/mol. The molecule has 2 rings (SSSR count). The highest BCUT2D eigenvalue weighted by atomic mass is 32.1. The van der Waals surface area contributed by atoms with Gasteiger partial charge in [-0.2, -0.15) is 0 Å². The Kier molecular flexibility index (Phi) is 1.51. The van der Waals surface area contributed by atoms with Crippen LogP contribution in [0.2, 0.25) is 0 Å². The molecule has 1 nitrogen and oxygen atoms in total. The molecule has 0 aromatic rings. The largest absolute Gasteiger partial charge is 0.379 e. The van der Waals surface area contributed by atoms with Crippen molar-refractivity contribution in [1.29, 1.82) is 0 Å². The first-order valence-electron chi connectivity index (χ1n) is 4.76. The molecule has 0 amide bonds. The van der Waals surface area contributed by atoms with E-state index in [2.05, 4.69) is 33.4 Å². The normalized spacial score (nSPS) is 56.2. The molecule has 2 heteroatoms. The zero-order valence-corrected chi connectivity index (χ0v) is 8.99. The van der Waals surface area contributed by atoms with Crippen molar-refractivity contribution in [2.24, 2.45) is 16.7 Å². The predicted octanol–water partition coefficient (Wildman–Crippen LogP) is 2.45. The van der Waals surface area contributed by atoms with Crippen molar-refractivity contribution in [2.75, 3.05) is 0 Å². The minimum absolute atomic E-state index is 0.0216. The van der Waals surface area contributed by atoms with E-state index in [9.17, 15) is 5.11 Å². The van der Waals surface area contributed by atoms with Gasteiger partial charge in [-0.25, -0.2) is 0 Å². The molecule has 0 heterocycles. The third-order valence-corrected chi connectivity index (χ3v) is 5.53. The van der Waals surface area contributed by atoms with Gasteiger partial charge in [-0.3, -0.25) is 0 Å². The van der Waals surface area contributed by atoms with Crippen molar-refractivity contribution in [3.63, 3.8) is 0 Å². The summed E-state index contributed by atoms with van der Waals surface area (Å²) in [5.74, 6) is 0.671. The fourth-order valence-corrected chi connectivity index (χ4v) is 3.86. The van der Waals surface area contributed by atoms with Gasteiger partial charge in [0.05, 0.1) is 0 Å². The number of rotatable bonds is 0. The molecule has 3 atom stereocenters. The van der Waals surface area contributed by atoms with E-state index in [1.165, 1.54) is 6.42 Å². The van der Waals surface area contributed by atoms with Crippen molar-refractivity contribution < 1.29 is 5.11 Å². The van der Waals surface area contributed by atoms with E-state index in [0.717, 1.165) is 12.8 Å². The first-order valence-corrected chi connectivity index (χ1v) is 5.21. The third-order valence-electron chi connectivity index (χ3n) is 4.85. The van der Waals surface area contributed by atoms with Crippen LogP contribution in [0.1, 0.15) is 40.0 Å². The SMILES string of the molecule is CC1(C)C2CCC1(C)C(O)(S)C2. The van der Waals surface area contributed by atoms with Crippen molar-refractivity contribution in [3.05, 3.63) is 0 Å². The number of thiol groups is 1. The summed E-state index contributed by atoms with van der Waals surface area (Å²) in [6.07, 6.45) is 3.27. The summed E-state index contributed by atoms with van der Waals surface area (Å²) >= 11 is 4.41. The minimum atomic E-state index is -0.723. The zero-order valence-electron chi connectivity index (χ0n) is 8.09. The molecule has 0 saturated heterocycles. The predicted molar refractivity (Wildman–Crippen MR) is 53.2 cm³/mol. The standard InChI is InChI=1S/C10H18OS/c1-8(2)7-4-5-9(8,3)10(11,12)6-7/h7,11-12H,4-6H2,1-3H3. The highest BCUT2D eigenvalue weighted by Gasteiger charge is 2.67. The van der Waals surface area contributed by atoms with Crippen molar-refractivity contribution in [1.82, 2.24) is 0 Å². The van der Waals surface area contributed by atoms with Crippen molar-refractivity contribution in [2.45, 2.75) is 45.0 Å². The van der Waals surface area contributed by atoms with Crippen LogP contribution in [-0.2, 0) is 0 Å². The van der Waals surface area contributed by atoms with Crippen molar-refractivity contribution >= 4 is 12.6 Å². The maximum absolute atomic E-state index is 10.1. The Morgan fingerprint density at radius 3 is 2.08 bits per heavy atom. The van der Waals surface area contributed by atoms with Gasteiger partial charge >= 0.3 is 0 Å². The van der Waals surface area contributed by atoms with Crippen LogP contribution in [0.25, 0.3) is 0 Å². The smallest absolute Gasteiger partial charge is 0.113 e. The minimum Gasteiger partial charge on any atom is -0.379 e. The van der Waals surface area contributed by atoms with Gasteiger partial charge in [0.25, 0.3) is 0 Å². The van der Waals surface area contributed by atoms with Crippen LogP contribution < -0.4 is 0 Å². The van der Waals surface area contributed by atoms with E-state index in [0.29, 0.717) is 5.92 Å². The lowest BCUT2D eigenvalue weighted by atomic mass is 9.70. The van der Waals surface area contributed by atoms with Crippen LogP contribution in [-0.4, -0.2) is 10.0 Å². The summed E-state index contributed by atoms with van der Waals surface area (Å²) in [7, 11) is 0. The number of hydrogen-bond donors (Lipinski definition) is 2. The fraction of sp³-hybridized carbons (Fsp3) is 1.00. The molecule has 2 aliphatic rings. The van der Waals surface area contributed by atoms with Crippen LogP contribution in [0.15, 0.2) is 0 Å². The molecule has 2 saturated carbocycles. The van der Waals surface area contributed by atoms with Crippen LogP contribution >= 0.6 is 12.6 Å². The fourth-order valence-electron chi connectivity index (χ4n) is 3.24. The number of hydrogen-bond acceptors (Lipinski definition) is 2. The summed E-state index contributed by atoms with van der Waals surface area (Å²) in [6, 6.07) is 0. The van der Waals surface area contributed by atoms with Gasteiger partial charge in [0.15, 0.2) is 0 Å². The topological polar surface area (TPSA) is 20.2 Å². The molecule has 1 N–H and O–H groups in total. The zero-order chi connectivity index (χ0) is 9.20. The molecule has 2 bridgehead atoms. The quantitative estimate of drug-likeness (QED) is 0.440. The average molecular weight is 186 g/mol. The Balaban J connectivity index is 2.47. The molecule has 2 fully saturated rings. The van der Waals surface area contributed by atoms with Gasteiger partial charge in [0.2, 0.25) is 0 Å². The highest BCUT2D eigenvalue weighted by molar-refractivity contribution is 7.81. The number of aliphatic hydroxyl groups is 1. The van der Waals surface area contributed by atoms with Crippen molar-refractivity contribution in [3.8, 4) is 0 Å². The van der Waals surface area contributed by atoms with Crippen LogP contribution in [0.5, 0.6) is 0 Å². The maximum atomic E-state index is 10.1. The second-order valence-electron chi connectivity index (χ2n) is 5.31. The van der Waals surface area contributed by atoms with Gasteiger partial charge < -0.3 is 5.11 Å². The lowest BCUT2D eigenvalue weighted by Gasteiger charge is -2.42. The van der Waals surface area contributed by atoms with Gasteiger partial charge in [-0.05, 0) is 30.6 Å². The van der Waals surface area contributed by atoms with Crippen LogP contribution in [0.4, 0.5) is 0 Å². The summed E-state index contributed by atoms with van der Waals surface area (Å²) < 4.78 is 0. The molecule has 70 valence electrons. The molecular weight excluding hydrogens is 168 g/mol. The van der Waals surface area contributed by atoms with E-state index >= 15 is 0 Å². The molecule has 0 spiro atoms. The maximum Gasteiger partial charge on any atom is 0.113 e. The first kappa shape index (κ1) is 8.89. The second-order valence-corrected chi connectivity index (χ2v) is 6.05. The lowest BCUT2D eigenvalue weighted by molar-refractivity contribution is -0.0142. The molecule has 0 aliphatic heterocycles. The van der Waals surface area contributed by atoms with Gasteiger partial charge in [-0.15, -0.1) is 12.6 Å². The molecule has 2 aliphatic carbocycles. The van der Waals surface area contributed by atoms with Gasteiger partial charge in [0.1, 0.15) is 4.93 Å². The van der Waals surface area contributed by atoms with E-state index in [1.807, 2.05) is 0 Å². The molecular formula is C10H18OS. The Bertz CT molecular complexity index is 222. The molecule has 0 aromatic heterocycles. The van der Waals surface area contributed by atoms with E-state index < -0.39 is 4.93 Å².